The van der Waals surface area contributed by atoms with Crippen LogP contribution in [-0.4, -0.2) is 14.8 Å². The summed E-state index contributed by atoms with van der Waals surface area (Å²) in [4.78, 5) is 13.6. The molecule has 0 aliphatic heterocycles. The topological polar surface area (TPSA) is 59.8 Å². The Balaban J connectivity index is 1.77. The Morgan fingerprint density at radius 2 is 1.88 bits per heavy atom. The summed E-state index contributed by atoms with van der Waals surface area (Å²) >= 11 is 11.1. The van der Waals surface area contributed by atoms with E-state index in [0.717, 1.165) is 9.37 Å². The summed E-state index contributed by atoms with van der Waals surface area (Å²) in [5.41, 5.74) is 0.889. The van der Waals surface area contributed by atoms with Crippen molar-refractivity contribution < 1.29 is 0 Å². The summed E-state index contributed by atoms with van der Waals surface area (Å²) in [6.07, 6.45) is 0. The third-order valence-corrected chi connectivity index (χ3v) is 5.33. The summed E-state index contributed by atoms with van der Waals surface area (Å²) < 4.78 is 2.45. The normalized spacial score (nSPS) is 10.7. The lowest BCUT2D eigenvalue weighted by Gasteiger charge is -2.11. The van der Waals surface area contributed by atoms with E-state index in [0.29, 0.717) is 28.1 Å². The molecule has 0 fully saturated rings. The Morgan fingerprint density at radius 3 is 2.60 bits per heavy atom. The van der Waals surface area contributed by atoms with Crippen LogP contribution in [0.3, 0.4) is 0 Å². The number of anilines is 2. The number of hydrogen-bond acceptors (Lipinski definition) is 5. The molecule has 5 nitrogen and oxygen atoms in total. The van der Waals surface area contributed by atoms with Crippen LogP contribution in [0.5, 0.6) is 0 Å². The predicted molar refractivity (Wildman–Crippen MR) is 106 cm³/mol. The zero-order chi connectivity index (χ0) is 17.8. The van der Waals surface area contributed by atoms with Gasteiger partial charge in [0.05, 0.1) is 10.7 Å². The zero-order valence-electron chi connectivity index (χ0n) is 13.2. The maximum absolute atomic E-state index is 12.5. The van der Waals surface area contributed by atoms with Gasteiger partial charge in [-0.15, -0.1) is 22.0 Å². The molecule has 0 saturated carbocycles. The first kappa shape index (κ1) is 18.0. The van der Waals surface area contributed by atoms with Gasteiger partial charge >= 0.3 is 0 Å². The van der Waals surface area contributed by atoms with E-state index < -0.39 is 0 Å². The number of aromatic nitrogens is 3. The molecule has 3 aromatic rings. The predicted octanol–water partition coefficient (Wildman–Crippen LogP) is 4.63. The van der Waals surface area contributed by atoms with Gasteiger partial charge in [-0.05, 0) is 36.4 Å². The molecule has 0 unspecified atom stereocenters. The lowest BCUT2D eigenvalue weighted by Crippen LogP contribution is -2.26. The van der Waals surface area contributed by atoms with Gasteiger partial charge in [-0.3, -0.25) is 9.36 Å². The quantitative estimate of drug-likeness (QED) is 0.590. The SMILES string of the molecule is Cn1c(Nc2ccccc2Cl)nnc(CSc2ccc(Br)cc2)c1=O. The first-order chi connectivity index (χ1) is 12.0. The van der Waals surface area contributed by atoms with Crippen molar-refractivity contribution in [2.75, 3.05) is 5.32 Å². The summed E-state index contributed by atoms with van der Waals surface area (Å²) in [5.74, 6) is 0.795. The maximum atomic E-state index is 12.5. The second-order valence-corrected chi connectivity index (χ2v) is 7.55. The second-order valence-electron chi connectivity index (χ2n) is 5.18. The van der Waals surface area contributed by atoms with Gasteiger partial charge < -0.3 is 5.32 Å². The number of nitrogens with one attached hydrogen (secondary N) is 1. The molecule has 0 aliphatic rings. The van der Waals surface area contributed by atoms with Crippen LogP contribution in [0.25, 0.3) is 0 Å². The van der Waals surface area contributed by atoms with E-state index in [2.05, 4.69) is 31.4 Å². The van der Waals surface area contributed by atoms with E-state index in [9.17, 15) is 4.79 Å². The van der Waals surface area contributed by atoms with Crippen molar-refractivity contribution in [1.82, 2.24) is 14.8 Å². The molecule has 0 saturated heterocycles. The Kier molecular flexibility index (Phi) is 5.78. The van der Waals surface area contributed by atoms with Gasteiger partial charge in [0.25, 0.3) is 5.56 Å². The molecule has 0 atom stereocenters. The standard InChI is InChI=1S/C17H14BrClN4OS/c1-23-16(24)15(10-25-12-8-6-11(18)7-9-12)21-22-17(23)20-14-5-3-2-4-13(14)19/h2-9H,10H2,1H3,(H,20,22). The lowest BCUT2D eigenvalue weighted by molar-refractivity contribution is 0.764. The number of para-hydroxylation sites is 1. The van der Waals surface area contributed by atoms with Gasteiger partial charge in [-0.2, -0.15) is 0 Å². The summed E-state index contributed by atoms with van der Waals surface area (Å²) in [5, 5.41) is 11.8. The average molecular weight is 438 g/mol. The molecule has 2 aromatic carbocycles. The van der Waals surface area contributed by atoms with E-state index >= 15 is 0 Å². The molecule has 8 heteroatoms. The molecule has 0 radical (unpaired) electrons. The second kappa shape index (κ2) is 8.03. The van der Waals surface area contributed by atoms with E-state index in [1.807, 2.05) is 42.5 Å². The van der Waals surface area contributed by atoms with Gasteiger partial charge in [0.2, 0.25) is 5.95 Å². The summed E-state index contributed by atoms with van der Waals surface area (Å²) in [7, 11) is 1.66. The fourth-order valence-corrected chi connectivity index (χ4v) is 3.33. The maximum Gasteiger partial charge on any atom is 0.277 e. The Hall–Kier alpha value is -1.83. The molecular formula is C17H14BrClN4OS. The van der Waals surface area contributed by atoms with Crippen LogP contribution in [0.2, 0.25) is 5.02 Å². The number of hydrogen-bond donors (Lipinski definition) is 1. The third-order valence-electron chi connectivity index (χ3n) is 3.44. The smallest absolute Gasteiger partial charge is 0.277 e. The van der Waals surface area contributed by atoms with Crippen LogP contribution in [0.15, 0.2) is 62.7 Å². The number of nitrogens with zero attached hydrogens (tertiary/aromatic N) is 3. The van der Waals surface area contributed by atoms with Crippen molar-refractivity contribution in [2.24, 2.45) is 7.05 Å². The zero-order valence-corrected chi connectivity index (χ0v) is 16.4. The number of benzene rings is 2. The summed E-state index contributed by atoms with van der Waals surface area (Å²) in [6.45, 7) is 0. The van der Waals surface area contributed by atoms with Gasteiger partial charge in [0, 0.05) is 22.2 Å². The minimum Gasteiger partial charge on any atom is -0.323 e. The number of halogens is 2. The molecule has 1 heterocycles. The van der Waals surface area contributed by atoms with Crippen LogP contribution in [0.1, 0.15) is 5.69 Å². The van der Waals surface area contributed by atoms with Gasteiger partial charge in [0.1, 0.15) is 5.69 Å². The van der Waals surface area contributed by atoms with Crippen molar-refractivity contribution >= 4 is 50.9 Å². The molecule has 1 N–H and O–H groups in total. The number of rotatable bonds is 5. The van der Waals surface area contributed by atoms with Crippen molar-refractivity contribution in [3.8, 4) is 0 Å². The highest BCUT2D eigenvalue weighted by molar-refractivity contribution is 9.10. The molecule has 0 bridgehead atoms. The van der Waals surface area contributed by atoms with Crippen LogP contribution in [-0.2, 0) is 12.8 Å². The molecule has 3 rings (SSSR count). The van der Waals surface area contributed by atoms with E-state index in [4.69, 9.17) is 11.6 Å². The first-order valence-electron chi connectivity index (χ1n) is 7.37. The molecule has 25 heavy (non-hydrogen) atoms. The van der Waals surface area contributed by atoms with Crippen LogP contribution in [0, 0.1) is 0 Å². The Bertz CT molecular complexity index is 946. The molecule has 128 valence electrons. The average Bonchev–Trinajstić information content (AvgIpc) is 2.61. The molecule has 1 aromatic heterocycles. The fraction of sp³-hybridized carbons (Fsp3) is 0.118. The monoisotopic (exact) mass is 436 g/mol. The van der Waals surface area contributed by atoms with Gasteiger partial charge in [-0.25, -0.2) is 0 Å². The minimum atomic E-state index is -0.186. The van der Waals surface area contributed by atoms with Crippen LogP contribution >= 0.6 is 39.3 Å². The third kappa shape index (κ3) is 4.42. The fourth-order valence-electron chi connectivity index (χ4n) is 2.07. The molecule has 0 spiro atoms. The Labute approximate surface area is 162 Å². The van der Waals surface area contributed by atoms with Crippen LogP contribution in [0.4, 0.5) is 11.6 Å². The van der Waals surface area contributed by atoms with Gasteiger partial charge in [0.15, 0.2) is 0 Å². The summed E-state index contributed by atoms with van der Waals surface area (Å²) in [6, 6.07) is 15.2. The Morgan fingerprint density at radius 1 is 1.16 bits per heavy atom. The van der Waals surface area contributed by atoms with Crippen molar-refractivity contribution in [3.63, 3.8) is 0 Å². The lowest BCUT2D eigenvalue weighted by atomic mass is 10.3. The molecule has 0 aliphatic carbocycles. The van der Waals surface area contributed by atoms with Gasteiger partial charge in [-0.1, -0.05) is 39.7 Å². The van der Waals surface area contributed by atoms with E-state index in [1.54, 1.807) is 13.1 Å². The highest BCUT2D eigenvalue weighted by atomic mass is 79.9. The first-order valence-corrected chi connectivity index (χ1v) is 9.53. The van der Waals surface area contributed by atoms with E-state index in [1.165, 1.54) is 16.3 Å². The van der Waals surface area contributed by atoms with Crippen molar-refractivity contribution in [3.05, 3.63) is 74.1 Å². The van der Waals surface area contributed by atoms with Crippen LogP contribution < -0.4 is 10.9 Å². The highest BCUT2D eigenvalue weighted by Gasteiger charge is 2.11. The van der Waals surface area contributed by atoms with E-state index in [-0.39, 0.29) is 5.56 Å². The molecular weight excluding hydrogens is 424 g/mol. The van der Waals surface area contributed by atoms with Crippen molar-refractivity contribution in [1.29, 1.82) is 0 Å². The van der Waals surface area contributed by atoms with Crippen molar-refractivity contribution in [2.45, 2.75) is 10.6 Å². The highest BCUT2D eigenvalue weighted by Crippen LogP contribution is 2.24. The largest absolute Gasteiger partial charge is 0.323 e. The number of thioether (sulfide) groups is 1. The molecule has 0 amide bonds. The minimum absolute atomic E-state index is 0.186.